The van der Waals surface area contributed by atoms with Crippen molar-refractivity contribution in [2.45, 2.75) is 37.6 Å². The lowest BCUT2D eigenvalue weighted by Crippen LogP contribution is -2.34. The molecule has 0 atom stereocenters. The van der Waals surface area contributed by atoms with Crippen LogP contribution in [0.25, 0.3) is 0 Å². The fourth-order valence-corrected chi connectivity index (χ4v) is 3.13. The monoisotopic (exact) mass is 285 g/mol. The summed E-state index contributed by atoms with van der Waals surface area (Å²) in [6, 6.07) is 1.67. The van der Waals surface area contributed by atoms with Crippen LogP contribution in [0.4, 0.5) is 4.39 Å². The molecule has 104 valence electrons. The third kappa shape index (κ3) is 2.17. The number of hydrogen-bond acceptors (Lipinski definition) is 3. The molecule has 1 heterocycles. The summed E-state index contributed by atoms with van der Waals surface area (Å²) in [5.74, 6) is 0.355. The number of benzene rings is 1. The Labute approximate surface area is 116 Å². The van der Waals surface area contributed by atoms with Crippen LogP contribution in [0.15, 0.2) is 6.07 Å². The molecule has 0 amide bonds. The number of rotatable bonds is 1. The van der Waals surface area contributed by atoms with Gasteiger partial charge in [-0.25, -0.2) is 4.39 Å². The lowest BCUT2D eigenvalue weighted by Gasteiger charge is -2.26. The fraction of sp³-hybridized carbons (Fsp3) is 0.571. The van der Waals surface area contributed by atoms with E-state index in [1.807, 2.05) is 0 Å². The lowest BCUT2D eigenvalue weighted by atomic mass is 9.88. The molecule has 19 heavy (non-hydrogen) atoms. The predicted molar refractivity (Wildman–Crippen MR) is 71.4 cm³/mol. The quantitative estimate of drug-likeness (QED) is 0.860. The molecule has 2 N–H and O–H groups in total. The van der Waals surface area contributed by atoms with E-state index in [1.165, 1.54) is 0 Å². The van der Waals surface area contributed by atoms with Crippen LogP contribution >= 0.6 is 11.6 Å². The van der Waals surface area contributed by atoms with E-state index in [2.05, 4.69) is 0 Å². The van der Waals surface area contributed by atoms with Crippen LogP contribution in [-0.2, 0) is 5.54 Å². The van der Waals surface area contributed by atoms with Gasteiger partial charge in [0.05, 0.1) is 13.2 Å². The summed E-state index contributed by atoms with van der Waals surface area (Å²) in [6.45, 7) is 1.03. The van der Waals surface area contributed by atoms with Crippen molar-refractivity contribution in [3.8, 4) is 11.5 Å². The average molecular weight is 286 g/mol. The zero-order valence-electron chi connectivity index (χ0n) is 10.7. The number of halogens is 2. The topological polar surface area (TPSA) is 44.5 Å². The molecule has 5 heteroatoms. The number of fused-ring (bicyclic) bond motifs is 1. The second-order valence-corrected chi connectivity index (χ2v) is 5.67. The van der Waals surface area contributed by atoms with Crippen LogP contribution in [0.3, 0.4) is 0 Å². The first-order valence-corrected chi connectivity index (χ1v) is 7.06. The Morgan fingerprint density at radius 3 is 2.58 bits per heavy atom. The van der Waals surface area contributed by atoms with Crippen molar-refractivity contribution in [2.75, 3.05) is 13.2 Å². The van der Waals surface area contributed by atoms with Crippen LogP contribution < -0.4 is 15.2 Å². The average Bonchev–Trinajstić information content (AvgIpc) is 2.70. The van der Waals surface area contributed by atoms with Gasteiger partial charge in [-0.15, -0.1) is 0 Å². The van der Waals surface area contributed by atoms with Crippen molar-refractivity contribution < 1.29 is 13.9 Å². The molecule has 3 nitrogen and oxygen atoms in total. The van der Waals surface area contributed by atoms with Gasteiger partial charge in [0.1, 0.15) is 5.02 Å². The minimum atomic E-state index is -0.627. The van der Waals surface area contributed by atoms with Gasteiger partial charge in [-0.3, -0.25) is 0 Å². The molecule has 0 spiro atoms. The highest BCUT2D eigenvalue weighted by Gasteiger charge is 2.36. The standard InChI is InChI=1S/C14H17ClFNO2/c15-11-12(16)9(14(17)4-1-2-5-14)8-10-13(11)19-7-3-6-18-10/h8H,1-7,17H2. The minimum Gasteiger partial charge on any atom is -0.489 e. The third-order valence-corrected chi connectivity index (χ3v) is 4.29. The summed E-state index contributed by atoms with van der Waals surface area (Å²) < 4.78 is 25.5. The second kappa shape index (κ2) is 4.84. The molecular weight excluding hydrogens is 269 g/mol. The highest BCUT2D eigenvalue weighted by Crippen LogP contribution is 2.46. The van der Waals surface area contributed by atoms with Crippen molar-refractivity contribution in [1.82, 2.24) is 0 Å². The van der Waals surface area contributed by atoms with Gasteiger partial charge in [0, 0.05) is 17.5 Å². The molecule has 1 aromatic carbocycles. The van der Waals surface area contributed by atoms with Gasteiger partial charge in [0.15, 0.2) is 17.3 Å². The van der Waals surface area contributed by atoms with E-state index in [0.717, 1.165) is 32.1 Å². The van der Waals surface area contributed by atoms with Crippen LogP contribution in [0.5, 0.6) is 11.5 Å². The maximum Gasteiger partial charge on any atom is 0.182 e. The minimum absolute atomic E-state index is 0.00822. The molecule has 0 bridgehead atoms. The maximum atomic E-state index is 14.5. The zero-order valence-corrected chi connectivity index (χ0v) is 11.4. The van der Waals surface area contributed by atoms with Gasteiger partial charge in [-0.1, -0.05) is 24.4 Å². The summed E-state index contributed by atoms with van der Waals surface area (Å²) in [7, 11) is 0. The van der Waals surface area contributed by atoms with E-state index < -0.39 is 11.4 Å². The molecule has 0 unspecified atom stereocenters. The fourth-order valence-electron chi connectivity index (χ4n) is 2.88. The lowest BCUT2D eigenvalue weighted by molar-refractivity contribution is 0.296. The molecule has 1 fully saturated rings. The van der Waals surface area contributed by atoms with Gasteiger partial charge < -0.3 is 15.2 Å². The summed E-state index contributed by atoms with van der Waals surface area (Å²) >= 11 is 6.09. The SMILES string of the molecule is NC1(c2cc3c(c(Cl)c2F)OCCCO3)CCCC1. The molecular formula is C14H17ClFNO2. The summed E-state index contributed by atoms with van der Waals surface area (Å²) in [6.07, 6.45) is 4.35. The Bertz CT molecular complexity index is 501. The number of nitrogens with two attached hydrogens (primary N) is 1. The highest BCUT2D eigenvalue weighted by atomic mass is 35.5. The van der Waals surface area contributed by atoms with Gasteiger partial charge in [-0.05, 0) is 18.9 Å². The van der Waals surface area contributed by atoms with Gasteiger partial charge in [-0.2, -0.15) is 0 Å². The first-order chi connectivity index (χ1) is 9.12. The summed E-state index contributed by atoms with van der Waals surface area (Å²) in [4.78, 5) is 0. The molecule has 0 aromatic heterocycles. The van der Waals surface area contributed by atoms with Crippen LogP contribution in [-0.4, -0.2) is 13.2 Å². The molecule has 0 saturated heterocycles. The summed E-state index contributed by atoms with van der Waals surface area (Å²) in [5, 5.41) is -0.00822. The van der Waals surface area contributed by atoms with Gasteiger partial charge >= 0.3 is 0 Å². The smallest absolute Gasteiger partial charge is 0.182 e. The van der Waals surface area contributed by atoms with E-state index in [1.54, 1.807) is 6.07 Å². The van der Waals surface area contributed by atoms with Gasteiger partial charge in [0.25, 0.3) is 0 Å². The van der Waals surface area contributed by atoms with Crippen molar-refractivity contribution >= 4 is 11.6 Å². The molecule has 0 radical (unpaired) electrons. The third-order valence-electron chi connectivity index (χ3n) is 3.95. The Morgan fingerprint density at radius 2 is 1.84 bits per heavy atom. The molecule has 3 rings (SSSR count). The van der Waals surface area contributed by atoms with E-state index >= 15 is 0 Å². The van der Waals surface area contributed by atoms with E-state index in [0.29, 0.717) is 30.3 Å². The van der Waals surface area contributed by atoms with E-state index in [9.17, 15) is 4.39 Å². The van der Waals surface area contributed by atoms with Crippen LogP contribution in [0.1, 0.15) is 37.7 Å². The van der Waals surface area contributed by atoms with Crippen molar-refractivity contribution in [3.63, 3.8) is 0 Å². The molecule has 1 aliphatic heterocycles. The Balaban J connectivity index is 2.11. The van der Waals surface area contributed by atoms with Gasteiger partial charge in [0.2, 0.25) is 0 Å². The highest BCUT2D eigenvalue weighted by molar-refractivity contribution is 6.32. The number of hydrogen-bond donors (Lipinski definition) is 1. The van der Waals surface area contributed by atoms with Crippen molar-refractivity contribution in [1.29, 1.82) is 0 Å². The molecule has 1 saturated carbocycles. The normalized spacial score (nSPS) is 21.2. The van der Waals surface area contributed by atoms with Crippen molar-refractivity contribution in [3.05, 3.63) is 22.5 Å². The Morgan fingerprint density at radius 1 is 1.16 bits per heavy atom. The van der Waals surface area contributed by atoms with E-state index in [-0.39, 0.29) is 5.02 Å². The summed E-state index contributed by atoms with van der Waals surface area (Å²) in [5.41, 5.74) is 6.16. The first-order valence-electron chi connectivity index (χ1n) is 6.69. The Hall–Kier alpha value is -1.00. The maximum absolute atomic E-state index is 14.5. The first kappa shape index (κ1) is 13.0. The van der Waals surface area contributed by atoms with Crippen molar-refractivity contribution in [2.24, 2.45) is 5.73 Å². The predicted octanol–water partition coefficient (Wildman–Crippen LogP) is 3.37. The Kier molecular flexibility index (Phi) is 3.31. The number of ether oxygens (including phenoxy) is 2. The van der Waals surface area contributed by atoms with Crippen LogP contribution in [0.2, 0.25) is 5.02 Å². The largest absolute Gasteiger partial charge is 0.489 e. The molecule has 1 aromatic rings. The zero-order chi connectivity index (χ0) is 13.5. The molecule has 2 aliphatic rings. The van der Waals surface area contributed by atoms with Crippen LogP contribution in [0, 0.1) is 5.82 Å². The van der Waals surface area contributed by atoms with E-state index in [4.69, 9.17) is 26.8 Å². The second-order valence-electron chi connectivity index (χ2n) is 5.29. The molecule has 1 aliphatic carbocycles.